The number of halogens is 2. The van der Waals surface area contributed by atoms with Gasteiger partial charge in [-0.15, -0.1) is 0 Å². The lowest BCUT2D eigenvalue weighted by Gasteiger charge is -2.09. The minimum absolute atomic E-state index is 0.275. The second-order valence-corrected chi connectivity index (χ2v) is 5.26. The molecule has 1 aliphatic heterocycles. The fourth-order valence-corrected chi connectivity index (χ4v) is 2.36. The highest BCUT2D eigenvalue weighted by molar-refractivity contribution is 9.10. The van der Waals surface area contributed by atoms with E-state index in [-0.39, 0.29) is 5.28 Å². The Kier molecular flexibility index (Phi) is 3.20. The van der Waals surface area contributed by atoms with Crippen LogP contribution in [-0.2, 0) is 13.1 Å². The topological polar surface area (TPSA) is 49.8 Å². The van der Waals surface area contributed by atoms with Crippen molar-refractivity contribution in [2.75, 3.05) is 5.32 Å². The van der Waals surface area contributed by atoms with Gasteiger partial charge in [-0.3, -0.25) is 0 Å². The Labute approximate surface area is 118 Å². The predicted octanol–water partition coefficient (Wildman–Crippen LogP) is 3.24. The van der Waals surface area contributed by atoms with E-state index in [1.807, 2.05) is 24.3 Å². The SMILES string of the molecule is Clc1nc2c(c(Nc3ccc(Br)cc3)n1)CNC2. The second kappa shape index (κ2) is 4.84. The van der Waals surface area contributed by atoms with E-state index in [0.717, 1.165) is 40.3 Å². The lowest BCUT2D eigenvalue weighted by Crippen LogP contribution is -2.02. The molecule has 0 bridgehead atoms. The van der Waals surface area contributed by atoms with Gasteiger partial charge in [-0.25, -0.2) is 9.97 Å². The normalized spacial score (nSPS) is 13.4. The molecule has 0 saturated heterocycles. The first-order valence-electron chi connectivity index (χ1n) is 5.51. The molecular weight excluding hydrogens is 316 g/mol. The molecule has 1 aliphatic rings. The summed E-state index contributed by atoms with van der Waals surface area (Å²) in [4.78, 5) is 8.47. The van der Waals surface area contributed by atoms with E-state index in [1.165, 1.54) is 0 Å². The van der Waals surface area contributed by atoms with Gasteiger partial charge in [0.2, 0.25) is 5.28 Å². The maximum Gasteiger partial charge on any atom is 0.224 e. The van der Waals surface area contributed by atoms with E-state index in [0.29, 0.717) is 0 Å². The first kappa shape index (κ1) is 11.9. The average Bonchev–Trinajstić information content (AvgIpc) is 2.80. The van der Waals surface area contributed by atoms with E-state index in [2.05, 4.69) is 36.5 Å². The van der Waals surface area contributed by atoms with Gasteiger partial charge in [-0.05, 0) is 35.9 Å². The Balaban J connectivity index is 1.95. The highest BCUT2D eigenvalue weighted by Crippen LogP contribution is 2.26. The van der Waals surface area contributed by atoms with Crippen LogP contribution in [-0.4, -0.2) is 9.97 Å². The van der Waals surface area contributed by atoms with Crippen LogP contribution in [0.5, 0.6) is 0 Å². The number of anilines is 2. The molecule has 2 N–H and O–H groups in total. The Morgan fingerprint density at radius 2 is 1.94 bits per heavy atom. The minimum Gasteiger partial charge on any atom is -0.340 e. The molecule has 92 valence electrons. The summed E-state index contributed by atoms with van der Waals surface area (Å²) < 4.78 is 1.04. The fourth-order valence-electron chi connectivity index (χ4n) is 1.91. The molecule has 0 aliphatic carbocycles. The lowest BCUT2D eigenvalue weighted by atomic mass is 10.2. The molecular formula is C12H10BrClN4. The summed E-state index contributed by atoms with van der Waals surface area (Å²) in [5, 5.41) is 6.79. The Morgan fingerprint density at radius 1 is 1.17 bits per heavy atom. The molecule has 0 atom stereocenters. The summed E-state index contributed by atoms with van der Waals surface area (Å²) in [6.07, 6.45) is 0. The van der Waals surface area contributed by atoms with Crippen LogP contribution >= 0.6 is 27.5 Å². The van der Waals surface area contributed by atoms with Gasteiger partial charge in [0.25, 0.3) is 0 Å². The molecule has 0 radical (unpaired) electrons. The molecule has 1 aromatic heterocycles. The van der Waals surface area contributed by atoms with E-state index in [1.54, 1.807) is 0 Å². The minimum atomic E-state index is 0.275. The summed E-state index contributed by atoms with van der Waals surface area (Å²) >= 11 is 9.33. The number of rotatable bonds is 2. The van der Waals surface area contributed by atoms with Crippen molar-refractivity contribution in [3.05, 3.63) is 45.3 Å². The highest BCUT2D eigenvalue weighted by Gasteiger charge is 2.18. The van der Waals surface area contributed by atoms with Crippen molar-refractivity contribution in [3.8, 4) is 0 Å². The zero-order chi connectivity index (χ0) is 12.5. The number of hydrogen-bond acceptors (Lipinski definition) is 4. The monoisotopic (exact) mass is 324 g/mol. The molecule has 0 unspecified atom stereocenters. The van der Waals surface area contributed by atoms with Gasteiger partial charge in [-0.2, -0.15) is 0 Å². The largest absolute Gasteiger partial charge is 0.340 e. The van der Waals surface area contributed by atoms with Crippen LogP contribution in [0.3, 0.4) is 0 Å². The second-order valence-electron chi connectivity index (χ2n) is 4.00. The third-order valence-electron chi connectivity index (χ3n) is 2.77. The Hall–Kier alpha value is -1.17. The van der Waals surface area contributed by atoms with Crippen molar-refractivity contribution in [3.63, 3.8) is 0 Å². The maximum absolute atomic E-state index is 5.92. The van der Waals surface area contributed by atoms with Crippen LogP contribution in [0.15, 0.2) is 28.7 Å². The quantitative estimate of drug-likeness (QED) is 0.832. The van der Waals surface area contributed by atoms with Crippen LogP contribution in [0, 0.1) is 0 Å². The predicted molar refractivity (Wildman–Crippen MR) is 75.0 cm³/mol. The molecule has 0 saturated carbocycles. The van der Waals surface area contributed by atoms with Gasteiger partial charge in [0, 0.05) is 28.8 Å². The van der Waals surface area contributed by atoms with Crippen molar-refractivity contribution in [1.29, 1.82) is 0 Å². The Morgan fingerprint density at radius 3 is 2.72 bits per heavy atom. The average molecular weight is 326 g/mol. The van der Waals surface area contributed by atoms with Crippen molar-refractivity contribution in [2.45, 2.75) is 13.1 Å². The first-order chi connectivity index (χ1) is 8.72. The van der Waals surface area contributed by atoms with E-state index < -0.39 is 0 Å². The molecule has 4 nitrogen and oxygen atoms in total. The summed E-state index contributed by atoms with van der Waals surface area (Å²) in [5.41, 5.74) is 3.03. The third-order valence-corrected chi connectivity index (χ3v) is 3.46. The van der Waals surface area contributed by atoms with Crippen LogP contribution in [0.4, 0.5) is 11.5 Å². The molecule has 2 heterocycles. The van der Waals surface area contributed by atoms with Crippen molar-refractivity contribution >= 4 is 39.0 Å². The number of fused-ring (bicyclic) bond motifs is 1. The number of benzene rings is 1. The molecule has 0 spiro atoms. The summed E-state index contributed by atoms with van der Waals surface area (Å²) in [6.45, 7) is 1.51. The number of hydrogen-bond donors (Lipinski definition) is 2. The van der Waals surface area contributed by atoms with Gasteiger partial charge in [-0.1, -0.05) is 15.9 Å². The molecule has 18 heavy (non-hydrogen) atoms. The summed E-state index contributed by atoms with van der Waals surface area (Å²) in [7, 11) is 0. The van der Waals surface area contributed by atoms with Gasteiger partial charge < -0.3 is 10.6 Å². The standard InChI is InChI=1S/C12H10BrClN4/c13-7-1-3-8(4-2-7)16-11-9-5-15-6-10(9)17-12(14)18-11/h1-4,15H,5-6H2,(H,16,17,18). The molecule has 3 rings (SSSR count). The molecule has 2 aromatic rings. The molecule has 0 fully saturated rings. The lowest BCUT2D eigenvalue weighted by molar-refractivity contribution is 0.758. The summed E-state index contributed by atoms with van der Waals surface area (Å²) in [6, 6.07) is 7.91. The van der Waals surface area contributed by atoms with Gasteiger partial charge in [0.05, 0.1) is 5.69 Å². The summed E-state index contributed by atoms with van der Waals surface area (Å²) in [5.74, 6) is 0.775. The molecule has 1 aromatic carbocycles. The van der Waals surface area contributed by atoms with Crippen LogP contribution in [0.2, 0.25) is 5.28 Å². The van der Waals surface area contributed by atoms with Crippen molar-refractivity contribution in [2.24, 2.45) is 0 Å². The van der Waals surface area contributed by atoms with Crippen molar-refractivity contribution in [1.82, 2.24) is 15.3 Å². The van der Waals surface area contributed by atoms with Crippen LogP contribution < -0.4 is 10.6 Å². The molecule has 6 heteroatoms. The molecule has 0 amide bonds. The third kappa shape index (κ3) is 2.34. The highest BCUT2D eigenvalue weighted by atomic mass is 79.9. The number of aromatic nitrogens is 2. The van der Waals surface area contributed by atoms with E-state index in [9.17, 15) is 0 Å². The van der Waals surface area contributed by atoms with Gasteiger partial charge in [0.15, 0.2) is 0 Å². The Bertz CT molecular complexity index is 585. The van der Waals surface area contributed by atoms with Crippen LogP contribution in [0.25, 0.3) is 0 Å². The first-order valence-corrected chi connectivity index (χ1v) is 6.68. The van der Waals surface area contributed by atoms with Gasteiger partial charge >= 0.3 is 0 Å². The van der Waals surface area contributed by atoms with Gasteiger partial charge in [0.1, 0.15) is 5.82 Å². The maximum atomic E-state index is 5.92. The van der Waals surface area contributed by atoms with E-state index in [4.69, 9.17) is 11.6 Å². The van der Waals surface area contributed by atoms with Crippen LogP contribution in [0.1, 0.15) is 11.3 Å². The van der Waals surface area contributed by atoms with Crippen molar-refractivity contribution < 1.29 is 0 Å². The smallest absolute Gasteiger partial charge is 0.224 e. The number of nitrogens with one attached hydrogen (secondary N) is 2. The number of nitrogens with zero attached hydrogens (tertiary/aromatic N) is 2. The van der Waals surface area contributed by atoms with E-state index >= 15 is 0 Å². The zero-order valence-electron chi connectivity index (χ0n) is 9.37. The zero-order valence-corrected chi connectivity index (χ0v) is 11.7. The fraction of sp³-hybridized carbons (Fsp3) is 0.167.